The number of carboxylic acids is 1. The predicted molar refractivity (Wildman–Crippen MR) is 61.2 cm³/mol. The Morgan fingerprint density at radius 3 is 1.44 bits per heavy atom. The Hall–Kier alpha value is 0.130. The van der Waals surface area contributed by atoms with Gasteiger partial charge in [0.1, 0.15) is 5.60 Å². The zero-order valence-corrected chi connectivity index (χ0v) is 11.5. The Labute approximate surface area is 115 Å². The van der Waals surface area contributed by atoms with Crippen LogP contribution in [0.1, 0.15) is 54.9 Å². The molecule has 0 aromatic rings. The summed E-state index contributed by atoms with van der Waals surface area (Å²) in [6.07, 6.45) is 0.400. The molecule has 4 nitrogen and oxygen atoms in total. The van der Waals surface area contributed by atoms with E-state index < -0.39 is 11.6 Å². The van der Waals surface area contributed by atoms with E-state index in [-0.39, 0.29) is 48.2 Å². The van der Waals surface area contributed by atoms with Crippen LogP contribution in [-0.4, -0.2) is 22.2 Å². The molecule has 0 rings (SSSR count). The first-order valence-electron chi connectivity index (χ1n) is 4.79. The molecule has 0 aliphatic rings. The summed E-state index contributed by atoms with van der Waals surface area (Å²) in [6, 6.07) is 0. The van der Waals surface area contributed by atoms with Gasteiger partial charge in [0.2, 0.25) is 0 Å². The minimum absolute atomic E-state index is 0. The van der Waals surface area contributed by atoms with Crippen LogP contribution in [0, 0.1) is 0 Å². The zero-order chi connectivity index (χ0) is 12.0. The third-order valence-electron chi connectivity index (χ3n) is 1.55. The van der Waals surface area contributed by atoms with Crippen LogP contribution in [-0.2, 0) is 27.2 Å². The number of carbonyl (C=O) groups is 1. The SMILES string of the molecule is C.CC(C)(C)N.CCC(O)(CC)C(=O)[O-].[Ag+]. The van der Waals surface area contributed by atoms with Gasteiger partial charge in [0.05, 0.1) is 5.97 Å². The fourth-order valence-electron chi connectivity index (χ4n) is 0.539. The molecule has 0 aliphatic carbocycles. The number of rotatable bonds is 3. The topological polar surface area (TPSA) is 86.4 Å². The van der Waals surface area contributed by atoms with Crippen LogP contribution in [0.3, 0.4) is 0 Å². The average Bonchev–Trinajstić information content (AvgIpc) is 1.99. The quantitative estimate of drug-likeness (QED) is 0.746. The van der Waals surface area contributed by atoms with Gasteiger partial charge in [0.15, 0.2) is 0 Å². The maximum absolute atomic E-state index is 10.1. The van der Waals surface area contributed by atoms with Gasteiger partial charge in [0, 0.05) is 5.54 Å². The van der Waals surface area contributed by atoms with Gasteiger partial charge < -0.3 is 20.7 Å². The molecular weight excluding hydrogens is 302 g/mol. The standard InChI is InChI=1S/C6H12O3.C4H11N.CH4.Ag/c1-3-6(9,4-2)5(7)8;1-4(2,3)5;;/h9H,3-4H2,1-2H3,(H,7,8);5H2,1-3H3;1H4;/q;;;+1/p-1. The molecule has 0 amide bonds. The van der Waals surface area contributed by atoms with E-state index in [1.807, 2.05) is 20.8 Å². The second-order valence-electron chi connectivity index (χ2n) is 4.39. The number of carbonyl (C=O) groups excluding carboxylic acids is 1. The Morgan fingerprint density at radius 1 is 1.25 bits per heavy atom. The summed E-state index contributed by atoms with van der Waals surface area (Å²) in [7, 11) is 0. The van der Waals surface area contributed by atoms with Crippen LogP contribution < -0.4 is 10.8 Å². The minimum atomic E-state index is -1.61. The third-order valence-corrected chi connectivity index (χ3v) is 1.55. The summed E-state index contributed by atoms with van der Waals surface area (Å²) < 4.78 is 0. The molecule has 0 bridgehead atoms. The smallest absolute Gasteiger partial charge is 0.547 e. The van der Waals surface area contributed by atoms with Crippen molar-refractivity contribution in [2.24, 2.45) is 5.73 Å². The minimum Gasteiger partial charge on any atom is -0.547 e. The molecule has 0 fully saturated rings. The number of aliphatic hydroxyl groups is 1. The first-order valence-corrected chi connectivity index (χ1v) is 4.79. The second-order valence-corrected chi connectivity index (χ2v) is 4.39. The molecule has 0 saturated heterocycles. The van der Waals surface area contributed by atoms with E-state index in [9.17, 15) is 9.90 Å². The molecule has 0 spiro atoms. The van der Waals surface area contributed by atoms with Crippen molar-refractivity contribution in [3.63, 3.8) is 0 Å². The molecule has 0 aromatic carbocycles. The van der Waals surface area contributed by atoms with E-state index in [4.69, 9.17) is 10.8 Å². The van der Waals surface area contributed by atoms with Gasteiger partial charge >= 0.3 is 22.4 Å². The van der Waals surface area contributed by atoms with Crippen molar-refractivity contribution in [2.45, 2.75) is 66.0 Å². The normalized spacial score (nSPS) is 10.2. The second kappa shape index (κ2) is 10.3. The molecule has 0 saturated carbocycles. The Kier molecular flexibility index (Phi) is 16.1. The monoisotopic (exact) mass is 327 g/mol. The van der Waals surface area contributed by atoms with E-state index in [0.29, 0.717) is 0 Å². The van der Waals surface area contributed by atoms with Crippen LogP contribution in [0.2, 0.25) is 0 Å². The van der Waals surface area contributed by atoms with Crippen molar-refractivity contribution in [1.82, 2.24) is 0 Å². The maximum Gasteiger partial charge on any atom is 1.00 e. The van der Waals surface area contributed by atoms with E-state index in [0.717, 1.165) is 0 Å². The molecule has 0 atom stereocenters. The summed E-state index contributed by atoms with van der Waals surface area (Å²) >= 11 is 0. The van der Waals surface area contributed by atoms with Crippen molar-refractivity contribution in [3.05, 3.63) is 0 Å². The summed E-state index contributed by atoms with van der Waals surface area (Å²) in [4.78, 5) is 10.1. The van der Waals surface area contributed by atoms with Crippen molar-refractivity contribution < 1.29 is 37.4 Å². The van der Waals surface area contributed by atoms with Gasteiger partial charge in [-0.05, 0) is 33.6 Å². The molecule has 0 aromatic heterocycles. The van der Waals surface area contributed by atoms with Crippen LogP contribution in [0.15, 0.2) is 0 Å². The number of hydrogen-bond donors (Lipinski definition) is 2. The van der Waals surface area contributed by atoms with Gasteiger partial charge in [-0.25, -0.2) is 0 Å². The number of nitrogens with two attached hydrogens (primary N) is 1. The third kappa shape index (κ3) is 16.6. The molecule has 3 N–H and O–H groups in total. The first kappa shape index (κ1) is 25.1. The summed E-state index contributed by atoms with van der Waals surface area (Å²) in [5.74, 6) is -1.38. The summed E-state index contributed by atoms with van der Waals surface area (Å²) in [5.41, 5.74) is 3.74. The van der Waals surface area contributed by atoms with E-state index in [1.54, 1.807) is 13.8 Å². The average molecular weight is 328 g/mol. The molecule has 0 unspecified atom stereocenters. The molecule has 16 heavy (non-hydrogen) atoms. The molecule has 0 heterocycles. The van der Waals surface area contributed by atoms with Gasteiger partial charge in [-0.15, -0.1) is 0 Å². The predicted octanol–water partition coefficient (Wildman–Crippen LogP) is 0.665. The van der Waals surface area contributed by atoms with E-state index >= 15 is 0 Å². The van der Waals surface area contributed by atoms with Crippen molar-refractivity contribution >= 4 is 5.97 Å². The van der Waals surface area contributed by atoms with Crippen LogP contribution in [0.25, 0.3) is 0 Å². The van der Waals surface area contributed by atoms with E-state index in [2.05, 4.69) is 0 Å². The van der Waals surface area contributed by atoms with Crippen LogP contribution in [0.5, 0.6) is 0 Å². The number of carboxylic acid groups (broad SMARTS) is 1. The summed E-state index contributed by atoms with van der Waals surface area (Å²) in [6.45, 7) is 9.12. The zero-order valence-electron chi connectivity index (χ0n) is 10.1. The van der Waals surface area contributed by atoms with Crippen molar-refractivity contribution in [2.75, 3.05) is 0 Å². The molecular formula is C11H26AgNO3. The maximum atomic E-state index is 10.1. The van der Waals surface area contributed by atoms with Gasteiger partial charge in [-0.3, -0.25) is 0 Å². The number of hydrogen-bond acceptors (Lipinski definition) is 4. The van der Waals surface area contributed by atoms with Crippen LogP contribution in [0.4, 0.5) is 0 Å². The fourth-order valence-corrected chi connectivity index (χ4v) is 0.539. The largest absolute Gasteiger partial charge is 1.00 e. The molecule has 0 radical (unpaired) electrons. The van der Waals surface area contributed by atoms with Crippen molar-refractivity contribution in [1.29, 1.82) is 0 Å². The Bertz CT molecular complexity index is 169. The molecule has 5 heteroatoms. The van der Waals surface area contributed by atoms with E-state index in [1.165, 1.54) is 0 Å². The molecule has 104 valence electrons. The van der Waals surface area contributed by atoms with Crippen molar-refractivity contribution in [3.8, 4) is 0 Å². The molecule has 0 aliphatic heterocycles. The Morgan fingerprint density at radius 2 is 1.44 bits per heavy atom. The summed E-state index contributed by atoms with van der Waals surface area (Å²) in [5, 5.41) is 19.2. The number of aliphatic carboxylic acids is 1. The van der Waals surface area contributed by atoms with Gasteiger partial charge in [0.25, 0.3) is 0 Å². The van der Waals surface area contributed by atoms with Crippen LogP contribution >= 0.6 is 0 Å². The fraction of sp³-hybridized carbons (Fsp3) is 0.909. The van der Waals surface area contributed by atoms with Gasteiger partial charge in [-0.2, -0.15) is 0 Å². The Balaban J connectivity index is -0.0000000904. The first-order chi connectivity index (χ1) is 6.06. The van der Waals surface area contributed by atoms with Gasteiger partial charge in [-0.1, -0.05) is 21.3 Å².